The molecule has 0 saturated heterocycles. The van der Waals surface area contributed by atoms with Gasteiger partial charge in [0.05, 0.1) is 5.60 Å². The molecule has 2 fully saturated rings. The first-order valence-electron chi connectivity index (χ1n) is 4.87. The maximum Gasteiger partial charge on any atom is 0.133 e. The fourth-order valence-corrected chi connectivity index (χ4v) is 2.83. The van der Waals surface area contributed by atoms with E-state index in [4.69, 9.17) is 0 Å². The number of ketones is 1. The summed E-state index contributed by atoms with van der Waals surface area (Å²) in [5.74, 6) is 1.41. The van der Waals surface area contributed by atoms with Gasteiger partial charge < -0.3 is 5.11 Å². The molecule has 0 spiro atoms. The lowest BCUT2D eigenvalue weighted by atomic mass is 9.95. The average Bonchev–Trinajstić information content (AvgIpc) is 2.42. The molecule has 0 aliphatic heterocycles. The van der Waals surface area contributed by atoms with E-state index in [1.807, 2.05) is 6.92 Å². The summed E-state index contributed by atoms with van der Waals surface area (Å²) >= 11 is 0. The Morgan fingerprint density at radius 2 is 1.92 bits per heavy atom. The van der Waals surface area contributed by atoms with E-state index in [1.54, 1.807) is 0 Å². The second-order valence-electron chi connectivity index (χ2n) is 4.45. The SMILES string of the molecule is CCC1(O)CC2CC(=O)CC2C1. The Morgan fingerprint density at radius 1 is 1.42 bits per heavy atom. The predicted molar refractivity (Wildman–Crippen MR) is 45.7 cm³/mol. The summed E-state index contributed by atoms with van der Waals surface area (Å²) in [7, 11) is 0. The number of carbonyl (C=O) groups is 1. The second-order valence-corrected chi connectivity index (χ2v) is 4.45. The molecule has 2 atom stereocenters. The van der Waals surface area contributed by atoms with E-state index in [0.29, 0.717) is 17.6 Å². The van der Waals surface area contributed by atoms with Crippen LogP contribution < -0.4 is 0 Å². The molecule has 2 heteroatoms. The average molecular weight is 168 g/mol. The van der Waals surface area contributed by atoms with Crippen molar-refractivity contribution in [3.63, 3.8) is 0 Å². The summed E-state index contributed by atoms with van der Waals surface area (Å²) in [6, 6.07) is 0. The zero-order valence-electron chi connectivity index (χ0n) is 7.55. The molecule has 68 valence electrons. The maximum atomic E-state index is 11.1. The molecule has 2 aliphatic carbocycles. The number of hydrogen-bond acceptors (Lipinski definition) is 2. The van der Waals surface area contributed by atoms with E-state index in [2.05, 4.69) is 0 Å². The minimum absolute atomic E-state index is 0.406. The van der Waals surface area contributed by atoms with Crippen molar-refractivity contribution in [3.8, 4) is 0 Å². The van der Waals surface area contributed by atoms with Crippen LogP contribution in [0, 0.1) is 11.8 Å². The Morgan fingerprint density at radius 3 is 2.33 bits per heavy atom. The fourth-order valence-electron chi connectivity index (χ4n) is 2.83. The summed E-state index contributed by atoms with van der Waals surface area (Å²) in [4.78, 5) is 11.1. The molecule has 0 aromatic carbocycles. The summed E-state index contributed by atoms with van der Waals surface area (Å²) < 4.78 is 0. The van der Waals surface area contributed by atoms with Gasteiger partial charge in [-0.25, -0.2) is 0 Å². The van der Waals surface area contributed by atoms with Crippen molar-refractivity contribution in [2.75, 3.05) is 0 Å². The van der Waals surface area contributed by atoms with Crippen LogP contribution in [0.4, 0.5) is 0 Å². The Hall–Kier alpha value is -0.370. The van der Waals surface area contributed by atoms with Gasteiger partial charge >= 0.3 is 0 Å². The van der Waals surface area contributed by atoms with Crippen LogP contribution in [0.3, 0.4) is 0 Å². The van der Waals surface area contributed by atoms with Crippen molar-refractivity contribution in [2.45, 2.75) is 44.6 Å². The molecule has 0 amide bonds. The molecule has 2 rings (SSSR count). The van der Waals surface area contributed by atoms with Crippen molar-refractivity contribution in [1.29, 1.82) is 0 Å². The molecule has 1 N–H and O–H groups in total. The topological polar surface area (TPSA) is 37.3 Å². The monoisotopic (exact) mass is 168 g/mol. The fraction of sp³-hybridized carbons (Fsp3) is 0.900. The molecular weight excluding hydrogens is 152 g/mol. The zero-order chi connectivity index (χ0) is 8.77. The van der Waals surface area contributed by atoms with Gasteiger partial charge in [0.15, 0.2) is 0 Å². The largest absolute Gasteiger partial charge is 0.390 e. The molecule has 2 aliphatic rings. The minimum atomic E-state index is -0.434. The molecule has 2 nitrogen and oxygen atoms in total. The molecule has 12 heavy (non-hydrogen) atoms. The van der Waals surface area contributed by atoms with E-state index >= 15 is 0 Å². The van der Waals surface area contributed by atoms with E-state index in [1.165, 1.54) is 0 Å². The first-order chi connectivity index (χ1) is 5.63. The third-order valence-electron chi connectivity index (χ3n) is 3.59. The number of carbonyl (C=O) groups excluding carboxylic acids is 1. The highest BCUT2D eigenvalue weighted by molar-refractivity contribution is 5.81. The second kappa shape index (κ2) is 2.56. The maximum absolute atomic E-state index is 11.1. The van der Waals surface area contributed by atoms with E-state index < -0.39 is 5.60 Å². The van der Waals surface area contributed by atoms with Crippen LogP contribution in [0.1, 0.15) is 39.0 Å². The van der Waals surface area contributed by atoms with Crippen LogP contribution in [0.2, 0.25) is 0 Å². The molecular formula is C10H16O2. The van der Waals surface area contributed by atoms with E-state index in [-0.39, 0.29) is 0 Å². The summed E-state index contributed by atoms with van der Waals surface area (Å²) in [5.41, 5.74) is -0.434. The van der Waals surface area contributed by atoms with Gasteiger partial charge in [-0.15, -0.1) is 0 Å². The normalized spacial score (nSPS) is 46.7. The quantitative estimate of drug-likeness (QED) is 0.644. The van der Waals surface area contributed by atoms with E-state index in [9.17, 15) is 9.90 Å². The van der Waals surface area contributed by atoms with Crippen LogP contribution >= 0.6 is 0 Å². The van der Waals surface area contributed by atoms with E-state index in [0.717, 1.165) is 32.1 Å². The third kappa shape index (κ3) is 1.18. The van der Waals surface area contributed by atoms with Gasteiger partial charge in [-0.05, 0) is 31.1 Å². The number of fused-ring (bicyclic) bond motifs is 1. The van der Waals surface area contributed by atoms with Crippen LogP contribution in [-0.2, 0) is 4.79 Å². The lowest BCUT2D eigenvalue weighted by molar-refractivity contribution is -0.118. The van der Waals surface area contributed by atoms with Gasteiger partial charge in [0, 0.05) is 12.8 Å². The summed E-state index contributed by atoms with van der Waals surface area (Å²) in [6.07, 6.45) is 4.02. The third-order valence-corrected chi connectivity index (χ3v) is 3.59. The Kier molecular flexibility index (Phi) is 1.76. The Bertz CT molecular complexity index is 194. The predicted octanol–water partition coefficient (Wildman–Crippen LogP) is 1.52. The molecule has 0 bridgehead atoms. The highest BCUT2D eigenvalue weighted by Crippen LogP contribution is 2.48. The lowest BCUT2D eigenvalue weighted by Gasteiger charge is -2.20. The molecule has 0 heterocycles. The highest BCUT2D eigenvalue weighted by Gasteiger charge is 2.47. The van der Waals surface area contributed by atoms with Gasteiger partial charge in [-0.1, -0.05) is 6.92 Å². The van der Waals surface area contributed by atoms with Gasteiger partial charge in [0.25, 0.3) is 0 Å². The Balaban J connectivity index is 2.06. The van der Waals surface area contributed by atoms with Crippen molar-refractivity contribution in [1.82, 2.24) is 0 Å². The molecule has 2 saturated carbocycles. The minimum Gasteiger partial charge on any atom is -0.390 e. The summed E-state index contributed by atoms with van der Waals surface area (Å²) in [6.45, 7) is 2.03. The van der Waals surface area contributed by atoms with Crippen LogP contribution in [0.5, 0.6) is 0 Å². The zero-order valence-corrected chi connectivity index (χ0v) is 7.55. The van der Waals surface area contributed by atoms with Gasteiger partial charge in [0.2, 0.25) is 0 Å². The van der Waals surface area contributed by atoms with Crippen molar-refractivity contribution < 1.29 is 9.90 Å². The number of rotatable bonds is 1. The van der Waals surface area contributed by atoms with Crippen LogP contribution in [-0.4, -0.2) is 16.5 Å². The highest BCUT2D eigenvalue weighted by atomic mass is 16.3. The molecule has 2 unspecified atom stereocenters. The first kappa shape index (κ1) is 8.24. The van der Waals surface area contributed by atoms with Crippen molar-refractivity contribution in [2.24, 2.45) is 11.8 Å². The number of aliphatic hydroxyl groups is 1. The molecule has 0 aromatic heterocycles. The van der Waals surface area contributed by atoms with Crippen LogP contribution in [0.25, 0.3) is 0 Å². The Labute approximate surface area is 73.0 Å². The molecule has 0 radical (unpaired) electrons. The van der Waals surface area contributed by atoms with Crippen molar-refractivity contribution in [3.05, 3.63) is 0 Å². The standard InChI is InChI=1S/C10H16O2/c1-2-10(12)5-7-3-9(11)4-8(7)6-10/h7-8,12H,2-6H2,1H3. The van der Waals surface area contributed by atoms with Gasteiger partial charge in [0.1, 0.15) is 5.78 Å². The lowest BCUT2D eigenvalue weighted by Crippen LogP contribution is -2.24. The van der Waals surface area contributed by atoms with Crippen LogP contribution in [0.15, 0.2) is 0 Å². The first-order valence-corrected chi connectivity index (χ1v) is 4.87. The number of Topliss-reactive ketones (excluding diaryl/α,β-unsaturated/α-hetero) is 1. The smallest absolute Gasteiger partial charge is 0.133 e. The molecule has 0 aromatic rings. The number of hydrogen-bond donors (Lipinski definition) is 1. The van der Waals surface area contributed by atoms with Gasteiger partial charge in [-0.3, -0.25) is 4.79 Å². The summed E-state index contributed by atoms with van der Waals surface area (Å²) in [5, 5.41) is 9.98. The van der Waals surface area contributed by atoms with Crippen molar-refractivity contribution >= 4 is 5.78 Å². The van der Waals surface area contributed by atoms with Gasteiger partial charge in [-0.2, -0.15) is 0 Å².